The highest BCUT2D eigenvalue weighted by atomic mass is 16.5. The molecule has 0 bridgehead atoms. The average molecular weight is 806 g/mol. The Balaban J connectivity index is 4.75. The molecular weight excluding hydrogens is 719 g/mol. The molecule has 0 heterocycles. The quantitative estimate of drug-likeness (QED) is 0.0326. The number of amides is 1. The molecule has 0 rings (SSSR count). The Morgan fingerprint density at radius 3 is 1.45 bits per heavy atom. The van der Waals surface area contributed by atoms with Gasteiger partial charge in [0, 0.05) is 6.42 Å². The Hall–Kier alpha value is -3.22. The summed E-state index contributed by atoms with van der Waals surface area (Å²) in [4.78, 5) is 26.0. The van der Waals surface area contributed by atoms with Crippen molar-refractivity contribution in [3.05, 3.63) is 97.2 Å². The Kier molecular flexibility index (Phi) is 42.4. The molecule has 0 radical (unpaired) electrons. The molecular formula is C52H87NO5. The van der Waals surface area contributed by atoms with E-state index in [0.717, 1.165) is 83.5 Å². The van der Waals surface area contributed by atoms with Crippen molar-refractivity contribution in [1.29, 1.82) is 0 Å². The first-order valence-corrected chi connectivity index (χ1v) is 23.6. The molecule has 1 amide bonds. The van der Waals surface area contributed by atoms with Crippen LogP contribution in [-0.4, -0.2) is 46.9 Å². The minimum Gasteiger partial charge on any atom is -0.462 e. The summed E-state index contributed by atoms with van der Waals surface area (Å²) in [5, 5.41) is 23.7. The third-order valence-electron chi connectivity index (χ3n) is 10.1. The first kappa shape index (κ1) is 54.8. The maximum atomic E-state index is 13.1. The third-order valence-corrected chi connectivity index (χ3v) is 10.1. The van der Waals surface area contributed by atoms with Crippen LogP contribution in [0.2, 0.25) is 0 Å². The number of ether oxygens (including phenoxy) is 1. The topological polar surface area (TPSA) is 95.9 Å². The van der Waals surface area contributed by atoms with Crippen LogP contribution in [0, 0.1) is 0 Å². The summed E-state index contributed by atoms with van der Waals surface area (Å²) in [7, 11) is 0. The van der Waals surface area contributed by atoms with Gasteiger partial charge in [0.05, 0.1) is 25.2 Å². The van der Waals surface area contributed by atoms with Gasteiger partial charge in [-0.15, -0.1) is 0 Å². The van der Waals surface area contributed by atoms with Crippen LogP contribution < -0.4 is 5.32 Å². The molecule has 3 N–H and O–H groups in total. The summed E-state index contributed by atoms with van der Waals surface area (Å²) in [6, 6.07) is -0.733. The fourth-order valence-electron chi connectivity index (χ4n) is 6.57. The van der Waals surface area contributed by atoms with Crippen LogP contribution in [0.4, 0.5) is 0 Å². The predicted octanol–water partition coefficient (Wildman–Crippen LogP) is 13.8. The first-order valence-electron chi connectivity index (χ1n) is 23.6. The van der Waals surface area contributed by atoms with Gasteiger partial charge in [0.25, 0.3) is 0 Å². The lowest BCUT2D eigenvalue weighted by Crippen LogP contribution is -2.46. The van der Waals surface area contributed by atoms with Gasteiger partial charge in [0.2, 0.25) is 5.91 Å². The smallest absolute Gasteiger partial charge is 0.306 e. The predicted molar refractivity (Wildman–Crippen MR) is 250 cm³/mol. The maximum Gasteiger partial charge on any atom is 0.306 e. The van der Waals surface area contributed by atoms with Crippen molar-refractivity contribution in [2.24, 2.45) is 0 Å². The molecule has 0 aliphatic heterocycles. The van der Waals surface area contributed by atoms with E-state index in [1.165, 1.54) is 64.2 Å². The second-order valence-corrected chi connectivity index (χ2v) is 15.6. The van der Waals surface area contributed by atoms with Gasteiger partial charge in [0.1, 0.15) is 6.10 Å². The molecule has 6 nitrogen and oxygen atoms in total. The van der Waals surface area contributed by atoms with Crippen LogP contribution in [-0.2, 0) is 14.3 Å². The van der Waals surface area contributed by atoms with E-state index < -0.39 is 18.2 Å². The van der Waals surface area contributed by atoms with E-state index in [1.54, 1.807) is 0 Å². The maximum absolute atomic E-state index is 13.1. The van der Waals surface area contributed by atoms with Gasteiger partial charge >= 0.3 is 5.97 Å². The molecule has 0 saturated heterocycles. The number of nitrogens with one attached hydrogen (secondary N) is 1. The van der Waals surface area contributed by atoms with Crippen LogP contribution in [0.25, 0.3) is 0 Å². The summed E-state index contributed by atoms with van der Waals surface area (Å²) in [5.41, 5.74) is 0. The molecule has 58 heavy (non-hydrogen) atoms. The van der Waals surface area contributed by atoms with Crippen LogP contribution >= 0.6 is 0 Å². The molecule has 330 valence electrons. The second-order valence-electron chi connectivity index (χ2n) is 15.6. The molecule has 0 saturated carbocycles. The standard InChI is InChI=1S/C52H87NO5/c1-4-7-10-13-16-19-22-25-28-31-34-37-40-43-48(58-52(57)45-42-39-36-33-30-27-24-21-18-15-12-9-6-3)46-51(56)53-49(47-54)50(55)44-41-38-35-32-29-26-23-20-17-14-11-8-5-2/h7,9-10,12-13,15-16,18-19,21-22,24-25,28,31,34,48-50,54-55H,4-6,8,11,14,17,20,23,26-27,29-30,32-33,35-47H2,1-3H3,(H,53,56)/b10-7+,12-9+,16-13+,18-15+,22-19-,24-21-,28-25-,34-31+. The number of carbonyl (C=O) groups excluding carboxylic acids is 2. The number of rotatable bonds is 40. The third kappa shape index (κ3) is 39.6. The number of carbonyl (C=O) groups is 2. The van der Waals surface area contributed by atoms with Crippen LogP contribution in [0.5, 0.6) is 0 Å². The van der Waals surface area contributed by atoms with Gasteiger partial charge in [-0.2, -0.15) is 0 Å². The molecule has 0 aliphatic rings. The fourth-order valence-corrected chi connectivity index (χ4v) is 6.57. The van der Waals surface area contributed by atoms with Crippen molar-refractivity contribution in [1.82, 2.24) is 5.32 Å². The van der Waals surface area contributed by atoms with Crippen LogP contribution in [0.1, 0.15) is 194 Å². The normalized spacial score (nSPS) is 14.2. The zero-order chi connectivity index (χ0) is 42.4. The number of unbranched alkanes of at least 4 members (excludes halogenated alkanes) is 18. The highest BCUT2D eigenvalue weighted by Crippen LogP contribution is 2.16. The van der Waals surface area contributed by atoms with E-state index in [4.69, 9.17) is 4.74 Å². The van der Waals surface area contributed by atoms with Gasteiger partial charge in [-0.1, -0.05) is 221 Å². The van der Waals surface area contributed by atoms with E-state index in [1.807, 2.05) is 48.6 Å². The number of allylic oxidation sites excluding steroid dienone is 16. The number of hydrogen-bond donors (Lipinski definition) is 3. The molecule has 3 atom stereocenters. The van der Waals surface area contributed by atoms with E-state index in [2.05, 4.69) is 74.7 Å². The molecule has 0 aromatic carbocycles. The summed E-state index contributed by atoms with van der Waals surface area (Å²) in [6.45, 7) is 6.16. The Labute approximate surface area is 356 Å². The van der Waals surface area contributed by atoms with E-state index >= 15 is 0 Å². The van der Waals surface area contributed by atoms with E-state index in [9.17, 15) is 19.8 Å². The van der Waals surface area contributed by atoms with Gasteiger partial charge in [-0.3, -0.25) is 9.59 Å². The van der Waals surface area contributed by atoms with Crippen molar-refractivity contribution in [3.8, 4) is 0 Å². The number of hydrogen-bond acceptors (Lipinski definition) is 5. The van der Waals surface area contributed by atoms with Crippen LogP contribution in [0.15, 0.2) is 97.2 Å². The molecule has 3 unspecified atom stereocenters. The summed E-state index contributed by atoms with van der Waals surface area (Å²) in [6.07, 6.45) is 59.0. The summed E-state index contributed by atoms with van der Waals surface area (Å²) in [5.74, 6) is -0.581. The van der Waals surface area contributed by atoms with Gasteiger partial charge in [-0.25, -0.2) is 0 Å². The zero-order valence-corrected chi connectivity index (χ0v) is 37.4. The van der Waals surface area contributed by atoms with E-state index in [-0.39, 0.29) is 24.9 Å². The Morgan fingerprint density at radius 1 is 0.517 bits per heavy atom. The monoisotopic (exact) mass is 806 g/mol. The molecule has 0 aromatic rings. The lowest BCUT2D eigenvalue weighted by molar-refractivity contribution is -0.151. The van der Waals surface area contributed by atoms with Crippen LogP contribution in [0.3, 0.4) is 0 Å². The Bertz CT molecular complexity index is 1180. The summed E-state index contributed by atoms with van der Waals surface area (Å²) >= 11 is 0. The largest absolute Gasteiger partial charge is 0.462 e. The number of esters is 1. The van der Waals surface area contributed by atoms with Gasteiger partial charge < -0.3 is 20.3 Å². The van der Waals surface area contributed by atoms with Crippen molar-refractivity contribution in [2.75, 3.05) is 6.61 Å². The van der Waals surface area contributed by atoms with Crippen molar-refractivity contribution >= 4 is 11.9 Å². The highest BCUT2D eigenvalue weighted by molar-refractivity contribution is 5.77. The Morgan fingerprint density at radius 2 is 0.948 bits per heavy atom. The lowest BCUT2D eigenvalue weighted by Gasteiger charge is -2.24. The summed E-state index contributed by atoms with van der Waals surface area (Å²) < 4.78 is 5.86. The number of aliphatic hydroxyl groups is 2. The SMILES string of the molecule is CC/C=C/C=C/C=C\C=C/C=C/CCCC(CC(=O)NC(CO)C(O)CCCCCCCCCCCCCCC)OC(=O)CCCCCCC\C=C/C=C/C=C/CC. The average Bonchev–Trinajstić information content (AvgIpc) is 3.22. The number of aliphatic hydroxyl groups excluding tert-OH is 2. The fraction of sp³-hybridized carbons (Fsp3) is 0.654. The second kappa shape index (κ2) is 44.9. The highest BCUT2D eigenvalue weighted by Gasteiger charge is 2.24. The van der Waals surface area contributed by atoms with Gasteiger partial charge in [0.15, 0.2) is 0 Å². The molecule has 6 heteroatoms. The molecule has 0 fully saturated rings. The van der Waals surface area contributed by atoms with Crippen molar-refractivity contribution < 1.29 is 24.5 Å². The molecule has 0 aliphatic carbocycles. The first-order chi connectivity index (χ1) is 28.5. The van der Waals surface area contributed by atoms with Gasteiger partial charge in [-0.05, 0) is 57.8 Å². The minimum atomic E-state index is -0.814. The minimum absolute atomic E-state index is 0.0146. The lowest BCUT2D eigenvalue weighted by atomic mass is 10.0. The molecule has 0 spiro atoms. The molecule has 0 aromatic heterocycles. The zero-order valence-electron chi connectivity index (χ0n) is 37.4. The van der Waals surface area contributed by atoms with Crippen molar-refractivity contribution in [2.45, 2.75) is 212 Å². The van der Waals surface area contributed by atoms with Crippen molar-refractivity contribution in [3.63, 3.8) is 0 Å². The van der Waals surface area contributed by atoms with E-state index in [0.29, 0.717) is 19.3 Å².